The van der Waals surface area contributed by atoms with Crippen molar-refractivity contribution in [2.45, 2.75) is 52.1 Å². The van der Waals surface area contributed by atoms with Crippen molar-refractivity contribution in [1.29, 1.82) is 0 Å². The van der Waals surface area contributed by atoms with Gasteiger partial charge >= 0.3 is 0 Å². The molecule has 3 unspecified atom stereocenters. The third-order valence-corrected chi connectivity index (χ3v) is 5.39. The van der Waals surface area contributed by atoms with E-state index in [0.29, 0.717) is 24.3 Å². The third-order valence-electron chi connectivity index (χ3n) is 5.39. The first kappa shape index (κ1) is 16.0. The van der Waals surface area contributed by atoms with E-state index in [1.165, 1.54) is 0 Å². The predicted molar refractivity (Wildman–Crippen MR) is 88.4 cm³/mol. The SMILES string of the molecule is CCC(=O)NC1C2CCCN(c3nccc(OC)n3)C2C1(C)C. The number of amides is 1. The van der Waals surface area contributed by atoms with E-state index in [0.717, 1.165) is 25.3 Å². The number of fused-ring (bicyclic) bond motifs is 1. The number of methoxy groups -OCH3 is 1. The number of rotatable bonds is 4. The molecule has 3 atom stereocenters. The molecule has 1 aromatic rings. The van der Waals surface area contributed by atoms with E-state index in [-0.39, 0.29) is 17.4 Å². The van der Waals surface area contributed by atoms with Gasteiger partial charge in [-0.3, -0.25) is 4.79 Å². The van der Waals surface area contributed by atoms with Crippen LogP contribution >= 0.6 is 0 Å². The number of nitrogens with zero attached hydrogens (tertiary/aromatic N) is 3. The molecule has 0 spiro atoms. The smallest absolute Gasteiger partial charge is 0.228 e. The van der Waals surface area contributed by atoms with Crippen molar-refractivity contribution in [3.8, 4) is 5.88 Å². The number of hydrogen-bond donors (Lipinski definition) is 1. The van der Waals surface area contributed by atoms with Gasteiger partial charge < -0.3 is 15.0 Å². The van der Waals surface area contributed by atoms with Gasteiger partial charge in [0, 0.05) is 48.6 Å². The van der Waals surface area contributed by atoms with Gasteiger partial charge in [-0.05, 0) is 12.8 Å². The normalized spacial score (nSPS) is 28.5. The van der Waals surface area contributed by atoms with E-state index < -0.39 is 0 Å². The van der Waals surface area contributed by atoms with E-state index in [9.17, 15) is 4.79 Å². The summed E-state index contributed by atoms with van der Waals surface area (Å²) in [7, 11) is 1.62. The summed E-state index contributed by atoms with van der Waals surface area (Å²) in [5.74, 6) is 1.91. The molecule has 1 aromatic heterocycles. The highest BCUT2D eigenvalue weighted by Crippen LogP contribution is 2.53. The Balaban J connectivity index is 1.83. The zero-order chi connectivity index (χ0) is 16.6. The first-order valence-corrected chi connectivity index (χ1v) is 8.42. The molecule has 6 heteroatoms. The van der Waals surface area contributed by atoms with Crippen molar-refractivity contribution in [2.75, 3.05) is 18.6 Å². The fourth-order valence-electron chi connectivity index (χ4n) is 4.32. The Bertz CT molecular complexity index is 590. The van der Waals surface area contributed by atoms with Gasteiger partial charge in [0.2, 0.25) is 17.7 Å². The highest BCUT2D eigenvalue weighted by atomic mass is 16.5. The second-order valence-electron chi connectivity index (χ2n) is 7.06. The van der Waals surface area contributed by atoms with Crippen LogP contribution in [-0.2, 0) is 4.79 Å². The van der Waals surface area contributed by atoms with E-state index in [1.807, 2.05) is 6.92 Å². The maximum Gasteiger partial charge on any atom is 0.228 e. The number of carbonyl (C=O) groups excluding carboxylic acids is 1. The largest absolute Gasteiger partial charge is 0.481 e. The van der Waals surface area contributed by atoms with Crippen LogP contribution in [0.4, 0.5) is 5.95 Å². The van der Waals surface area contributed by atoms with E-state index in [1.54, 1.807) is 19.4 Å². The molecular formula is C17H26N4O2. The summed E-state index contributed by atoms with van der Waals surface area (Å²) in [4.78, 5) is 23.1. The number of hydrogen-bond acceptors (Lipinski definition) is 5. The first-order valence-electron chi connectivity index (χ1n) is 8.42. The van der Waals surface area contributed by atoms with Crippen LogP contribution in [-0.4, -0.2) is 41.6 Å². The standard InChI is InChI=1S/C17H26N4O2/c1-5-12(22)19-14-11-7-6-10-21(15(11)17(14,2)3)16-18-9-8-13(20-16)23-4/h8-9,11,14-15H,5-7,10H2,1-4H3,(H,19,22). The average molecular weight is 318 g/mol. The molecular weight excluding hydrogens is 292 g/mol. The molecule has 0 radical (unpaired) electrons. The lowest BCUT2D eigenvalue weighted by molar-refractivity contribution is -0.127. The molecule has 1 aliphatic heterocycles. The second-order valence-corrected chi connectivity index (χ2v) is 7.06. The van der Waals surface area contributed by atoms with Gasteiger partial charge in [0.25, 0.3) is 0 Å². The molecule has 2 fully saturated rings. The van der Waals surface area contributed by atoms with Gasteiger partial charge in [-0.1, -0.05) is 20.8 Å². The number of nitrogens with one attached hydrogen (secondary N) is 1. The molecule has 0 bridgehead atoms. The van der Waals surface area contributed by atoms with Crippen LogP contribution in [0.25, 0.3) is 0 Å². The Morgan fingerprint density at radius 2 is 2.30 bits per heavy atom. The lowest BCUT2D eigenvalue weighted by Crippen LogP contribution is -2.75. The van der Waals surface area contributed by atoms with Crippen LogP contribution in [0.15, 0.2) is 12.3 Å². The van der Waals surface area contributed by atoms with Crippen LogP contribution in [0, 0.1) is 11.3 Å². The summed E-state index contributed by atoms with van der Waals surface area (Å²) in [5, 5.41) is 3.22. The van der Waals surface area contributed by atoms with Gasteiger partial charge in [-0.2, -0.15) is 4.98 Å². The quantitative estimate of drug-likeness (QED) is 0.920. The van der Waals surface area contributed by atoms with Crippen molar-refractivity contribution in [2.24, 2.45) is 11.3 Å². The molecule has 2 heterocycles. The van der Waals surface area contributed by atoms with Crippen LogP contribution in [0.2, 0.25) is 0 Å². The van der Waals surface area contributed by atoms with Crippen LogP contribution in [0.3, 0.4) is 0 Å². The summed E-state index contributed by atoms with van der Waals surface area (Å²) >= 11 is 0. The van der Waals surface area contributed by atoms with Crippen LogP contribution < -0.4 is 15.0 Å². The zero-order valence-corrected chi connectivity index (χ0v) is 14.4. The summed E-state index contributed by atoms with van der Waals surface area (Å²) in [6, 6.07) is 2.35. The molecule has 1 saturated heterocycles. The Kier molecular flexibility index (Phi) is 4.17. The fourth-order valence-corrected chi connectivity index (χ4v) is 4.32. The monoisotopic (exact) mass is 318 g/mol. The lowest BCUT2D eigenvalue weighted by atomic mass is 9.52. The average Bonchev–Trinajstić information content (AvgIpc) is 2.58. The van der Waals surface area contributed by atoms with Gasteiger partial charge in [0.15, 0.2) is 0 Å². The van der Waals surface area contributed by atoms with E-state index in [2.05, 4.69) is 34.0 Å². The zero-order valence-electron chi connectivity index (χ0n) is 14.4. The summed E-state index contributed by atoms with van der Waals surface area (Å²) < 4.78 is 5.23. The van der Waals surface area contributed by atoms with Crippen LogP contribution in [0.1, 0.15) is 40.0 Å². The maximum absolute atomic E-state index is 11.8. The Hall–Kier alpha value is -1.85. The second kappa shape index (κ2) is 5.98. The fraction of sp³-hybridized carbons (Fsp3) is 0.706. The molecule has 1 saturated carbocycles. The Morgan fingerprint density at radius 3 is 3.00 bits per heavy atom. The maximum atomic E-state index is 11.8. The third kappa shape index (κ3) is 2.64. The predicted octanol–water partition coefficient (Wildman–Crippen LogP) is 2.00. The van der Waals surface area contributed by atoms with E-state index >= 15 is 0 Å². The number of aromatic nitrogens is 2. The van der Waals surface area contributed by atoms with Gasteiger partial charge in [-0.25, -0.2) is 4.98 Å². The minimum Gasteiger partial charge on any atom is -0.481 e. The van der Waals surface area contributed by atoms with Crippen molar-refractivity contribution in [3.63, 3.8) is 0 Å². The van der Waals surface area contributed by atoms with Gasteiger partial charge in [0.1, 0.15) is 0 Å². The molecule has 3 rings (SSSR count). The Labute approximate surface area is 137 Å². The molecule has 0 aromatic carbocycles. The molecule has 6 nitrogen and oxygen atoms in total. The lowest BCUT2D eigenvalue weighted by Gasteiger charge is -2.64. The van der Waals surface area contributed by atoms with E-state index in [4.69, 9.17) is 4.74 Å². The molecule has 1 aliphatic carbocycles. The Morgan fingerprint density at radius 1 is 1.52 bits per heavy atom. The molecule has 23 heavy (non-hydrogen) atoms. The van der Waals surface area contributed by atoms with Crippen molar-refractivity contribution >= 4 is 11.9 Å². The van der Waals surface area contributed by atoms with Crippen molar-refractivity contribution < 1.29 is 9.53 Å². The number of piperidine rings is 1. The highest BCUT2D eigenvalue weighted by molar-refractivity contribution is 5.76. The highest BCUT2D eigenvalue weighted by Gasteiger charge is 2.60. The summed E-state index contributed by atoms with van der Waals surface area (Å²) in [6.45, 7) is 7.31. The number of ether oxygens (including phenoxy) is 1. The molecule has 1 amide bonds. The molecule has 1 N–H and O–H groups in total. The number of carbonyl (C=O) groups is 1. The van der Waals surface area contributed by atoms with Crippen molar-refractivity contribution in [1.82, 2.24) is 15.3 Å². The topological polar surface area (TPSA) is 67.4 Å². The summed E-state index contributed by atoms with van der Waals surface area (Å²) in [6.07, 6.45) is 4.51. The minimum atomic E-state index is 0.00233. The van der Waals surface area contributed by atoms with Gasteiger partial charge in [0.05, 0.1) is 7.11 Å². The molecule has 126 valence electrons. The van der Waals surface area contributed by atoms with Crippen LogP contribution in [0.5, 0.6) is 5.88 Å². The molecule has 2 aliphatic rings. The minimum absolute atomic E-state index is 0.00233. The van der Waals surface area contributed by atoms with Gasteiger partial charge in [-0.15, -0.1) is 0 Å². The first-order chi connectivity index (χ1) is 11.0. The van der Waals surface area contributed by atoms with Crippen molar-refractivity contribution in [3.05, 3.63) is 12.3 Å². The number of anilines is 1. The summed E-state index contributed by atoms with van der Waals surface area (Å²) in [5.41, 5.74) is 0.00233.